The van der Waals surface area contributed by atoms with Gasteiger partial charge in [-0.3, -0.25) is 4.79 Å². The quantitative estimate of drug-likeness (QED) is 0.693. The molecule has 1 aromatic rings. The molecule has 4 heteroatoms. The first kappa shape index (κ1) is 7.21. The fourth-order valence-corrected chi connectivity index (χ4v) is 0.902. The summed E-state index contributed by atoms with van der Waals surface area (Å²) in [6.45, 7) is 0. The molecule has 0 unspecified atom stereocenters. The lowest BCUT2D eigenvalue weighted by molar-refractivity contribution is -0.117. The minimum absolute atomic E-state index is 0.0575. The first-order chi connectivity index (χ1) is 5.86. The molecule has 0 bridgehead atoms. The van der Waals surface area contributed by atoms with Gasteiger partial charge in [-0.15, -0.1) is 0 Å². The van der Waals surface area contributed by atoms with Crippen molar-refractivity contribution in [3.63, 3.8) is 0 Å². The fraction of sp³-hybridized carbons (Fsp3) is 0.375. The zero-order valence-electron chi connectivity index (χ0n) is 6.45. The Morgan fingerprint density at radius 1 is 1.67 bits per heavy atom. The lowest BCUT2D eigenvalue weighted by Crippen LogP contribution is -2.14. The summed E-state index contributed by atoms with van der Waals surface area (Å²) in [5, 5.41) is 2.68. The maximum Gasteiger partial charge on any atom is 0.228 e. The van der Waals surface area contributed by atoms with E-state index in [9.17, 15) is 4.79 Å². The molecule has 61 valence electrons. The summed E-state index contributed by atoms with van der Waals surface area (Å²) in [6, 6.07) is 1.56. The summed E-state index contributed by atoms with van der Waals surface area (Å²) in [6.07, 6.45) is 5.96. The number of carbonyl (C=O) groups is 1. The molecule has 0 saturated heterocycles. The van der Waals surface area contributed by atoms with Gasteiger partial charge >= 0.3 is 0 Å². The fourth-order valence-electron chi connectivity index (χ4n) is 0.902. The third-order valence-corrected chi connectivity index (χ3v) is 1.73. The largest absolute Gasteiger partial charge is 0.310 e. The molecule has 1 aliphatic rings. The van der Waals surface area contributed by atoms with Gasteiger partial charge in [0.2, 0.25) is 5.91 Å². The molecule has 1 N–H and O–H groups in total. The summed E-state index contributed by atoms with van der Waals surface area (Å²) in [7, 11) is 0. The lowest BCUT2D eigenvalue weighted by Gasteiger charge is -2.00. The minimum Gasteiger partial charge on any atom is -0.310 e. The standard InChI is InChI=1S/C8H8N3O/c12-8(6-1-2-6)11-7-3-4-9-5-10-7/h3,5-6H,1-2H2,(H,9,10,11,12). The molecule has 1 aliphatic carbocycles. The predicted molar refractivity (Wildman–Crippen MR) is 42.2 cm³/mol. The van der Waals surface area contributed by atoms with Gasteiger partial charge < -0.3 is 5.32 Å². The average Bonchev–Trinajstić information content (AvgIpc) is 2.88. The van der Waals surface area contributed by atoms with Gasteiger partial charge in [-0.2, -0.15) is 0 Å². The van der Waals surface area contributed by atoms with Crippen molar-refractivity contribution >= 4 is 11.7 Å². The van der Waals surface area contributed by atoms with Crippen molar-refractivity contribution in [2.45, 2.75) is 12.8 Å². The van der Waals surface area contributed by atoms with Crippen molar-refractivity contribution in [1.29, 1.82) is 0 Å². The number of hydrogen-bond donors (Lipinski definition) is 1. The van der Waals surface area contributed by atoms with E-state index in [2.05, 4.69) is 21.5 Å². The van der Waals surface area contributed by atoms with Crippen molar-refractivity contribution in [2.24, 2.45) is 5.92 Å². The normalized spacial score (nSPS) is 15.7. The molecule has 1 heterocycles. The van der Waals surface area contributed by atoms with Gasteiger partial charge in [-0.1, -0.05) is 0 Å². The number of aromatic nitrogens is 2. The second-order valence-electron chi connectivity index (χ2n) is 2.80. The molecule has 12 heavy (non-hydrogen) atoms. The topological polar surface area (TPSA) is 54.9 Å². The molecule has 1 aromatic heterocycles. The highest BCUT2D eigenvalue weighted by Gasteiger charge is 2.29. The molecule has 1 radical (unpaired) electrons. The second-order valence-corrected chi connectivity index (χ2v) is 2.80. The first-order valence-corrected chi connectivity index (χ1v) is 3.85. The molecule has 1 amide bonds. The summed E-state index contributed by atoms with van der Waals surface area (Å²) < 4.78 is 0. The van der Waals surface area contributed by atoms with Gasteiger partial charge in [0.1, 0.15) is 12.1 Å². The second kappa shape index (κ2) is 2.89. The van der Waals surface area contributed by atoms with Gasteiger partial charge in [-0.25, -0.2) is 9.97 Å². The van der Waals surface area contributed by atoms with Gasteiger partial charge in [-0.05, 0) is 12.8 Å². The van der Waals surface area contributed by atoms with Crippen LogP contribution in [0.3, 0.4) is 0 Å². The number of rotatable bonds is 2. The van der Waals surface area contributed by atoms with Crippen LogP contribution in [0.5, 0.6) is 0 Å². The van der Waals surface area contributed by atoms with Gasteiger partial charge in [0, 0.05) is 12.0 Å². The third-order valence-electron chi connectivity index (χ3n) is 1.73. The average molecular weight is 162 g/mol. The Hall–Kier alpha value is -1.45. The number of hydrogen-bond acceptors (Lipinski definition) is 3. The molecule has 1 fully saturated rings. The summed E-state index contributed by atoms with van der Waals surface area (Å²) >= 11 is 0. The van der Waals surface area contributed by atoms with Crippen LogP contribution < -0.4 is 5.32 Å². The van der Waals surface area contributed by atoms with Crippen molar-refractivity contribution < 1.29 is 4.79 Å². The highest BCUT2D eigenvalue weighted by Crippen LogP contribution is 2.29. The van der Waals surface area contributed by atoms with E-state index >= 15 is 0 Å². The molecule has 0 spiro atoms. The molecule has 2 rings (SSSR count). The third kappa shape index (κ3) is 1.58. The van der Waals surface area contributed by atoms with Crippen LogP contribution in [0.1, 0.15) is 12.8 Å². The summed E-state index contributed by atoms with van der Waals surface area (Å²) in [5.74, 6) is 0.795. The van der Waals surface area contributed by atoms with E-state index in [-0.39, 0.29) is 11.8 Å². The Labute approximate surface area is 70.0 Å². The summed E-state index contributed by atoms with van der Waals surface area (Å²) in [4.78, 5) is 18.7. The zero-order valence-corrected chi connectivity index (χ0v) is 6.45. The number of carbonyl (C=O) groups excluding carboxylic acids is 1. The molecular weight excluding hydrogens is 154 g/mol. The highest BCUT2D eigenvalue weighted by atomic mass is 16.2. The van der Waals surface area contributed by atoms with Crippen LogP contribution in [0.4, 0.5) is 5.82 Å². The smallest absolute Gasteiger partial charge is 0.228 e. The Bertz CT molecular complexity index is 282. The molecule has 1 saturated carbocycles. The molecule has 4 nitrogen and oxygen atoms in total. The Kier molecular flexibility index (Phi) is 1.74. The van der Waals surface area contributed by atoms with E-state index in [1.807, 2.05) is 0 Å². The van der Waals surface area contributed by atoms with E-state index < -0.39 is 0 Å². The van der Waals surface area contributed by atoms with Crippen molar-refractivity contribution in [3.8, 4) is 0 Å². The molecular formula is C8H8N3O. The highest BCUT2D eigenvalue weighted by molar-refractivity contribution is 5.93. The Balaban J connectivity index is 1.98. The van der Waals surface area contributed by atoms with Crippen LogP contribution in [0.25, 0.3) is 0 Å². The van der Waals surface area contributed by atoms with Gasteiger partial charge in [0.05, 0.1) is 6.20 Å². The molecule has 0 aliphatic heterocycles. The number of anilines is 1. The van der Waals surface area contributed by atoms with E-state index in [0.717, 1.165) is 12.8 Å². The van der Waals surface area contributed by atoms with Crippen LogP contribution in [0.2, 0.25) is 0 Å². The summed E-state index contributed by atoms with van der Waals surface area (Å²) in [5.41, 5.74) is 0. The minimum atomic E-state index is 0.0575. The number of nitrogens with one attached hydrogen (secondary N) is 1. The van der Waals surface area contributed by atoms with Crippen LogP contribution in [-0.2, 0) is 4.79 Å². The van der Waals surface area contributed by atoms with E-state index in [0.29, 0.717) is 5.82 Å². The number of amides is 1. The van der Waals surface area contributed by atoms with Crippen LogP contribution >= 0.6 is 0 Å². The van der Waals surface area contributed by atoms with E-state index in [1.54, 1.807) is 6.07 Å². The zero-order chi connectivity index (χ0) is 8.39. The van der Waals surface area contributed by atoms with Crippen LogP contribution in [0.15, 0.2) is 12.4 Å². The number of nitrogens with zero attached hydrogens (tertiary/aromatic N) is 2. The first-order valence-electron chi connectivity index (χ1n) is 3.85. The van der Waals surface area contributed by atoms with E-state index in [1.165, 1.54) is 6.33 Å². The lowest BCUT2D eigenvalue weighted by atomic mass is 10.4. The molecule has 0 atom stereocenters. The maximum atomic E-state index is 11.2. The van der Waals surface area contributed by atoms with E-state index in [4.69, 9.17) is 0 Å². The van der Waals surface area contributed by atoms with Crippen molar-refractivity contribution in [1.82, 2.24) is 9.97 Å². The maximum absolute atomic E-state index is 11.2. The van der Waals surface area contributed by atoms with Crippen LogP contribution in [-0.4, -0.2) is 15.9 Å². The SMILES string of the molecule is O=C(Nc1c[c]ncn1)C1CC1. The molecule has 0 aromatic carbocycles. The van der Waals surface area contributed by atoms with Gasteiger partial charge in [0.15, 0.2) is 0 Å². The van der Waals surface area contributed by atoms with Crippen molar-refractivity contribution in [3.05, 3.63) is 18.6 Å². The van der Waals surface area contributed by atoms with Crippen LogP contribution in [0, 0.1) is 12.1 Å². The predicted octanol–water partition coefficient (Wildman–Crippen LogP) is 0.625. The van der Waals surface area contributed by atoms with Crippen molar-refractivity contribution in [2.75, 3.05) is 5.32 Å². The Morgan fingerprint density at radius 3 is 3.08 bits per heavy atom. The Morgan fingerprint density at radius 2 is 2.50 bits per heavy atom. The van der Waals surface area contributed by atoms with Gasteiger partial charge in [0.25, 0.3) is 0 Å². The monoisotopic (exact) mass is 162 g/mol.